The third kappa shape index (κ3) is 4.19. The molecule has 6 heteroatoms. The fourth-order valence-corrected chi connectivity index (χ4v) is 4.05. The van der Waals surface area contributed by atoms with Gasteiger partial charge < -0.3 is 4.74 Å². The van der Waals surface area contributed by atoms with E-state index in [4.69, 9.17) is 16.3 Å². The van der Waals surface area contributed by atoms with Crippen molar-refractivity contribution in [2.45, 2.75) is 20.3 Å². The van der Waals surface area contributed by atoms with Crippen LogP contribution in [0.5, 0.6) is 5.75 Å². The van der Waals surface area contributed by atoms with Crippen molar-refractivity contribution in [3.63, 3.8) is 0 Å². The fraction of sp³-hybridized carbons (Fsp3) is 0.160. The number of hydrogen-bond acceptors (Lipinski definition) is 2. The molecule has 3 nitrogen and oxygen atoms in total. The van der Waals surface area contributed by atoms with Gasteiger partial charge in [-0.2, -0.15) is 9.49 Å². The van der Waals surface area contributed by atoms with Crippen LogP contribution < -0.4 is 4.74 Å². The van der Waals surface area contributed by atoms with Crippen LogP contribution in [-0.2, 0) is 0 Å². The SMILES string of the molecule is CCOc1ccc(/C(=C(/CC)c2ccc(F)cc2Cl)c2ccc3n[nH]c(F)c3c2)cc1. The molecule has 0 saturated carbocycles. The smallest absolute Gasteiger partial charge is 0.216 e. The molecule has 0 saturated heterocycles. The summed E-state index contributed by atoms with van der Waals surface area (Å²) in [4.78, 5) is 0. The van der Waals surface area contributed by atoms with E-state index in [9.17, 15) is 8.78 Å². The highest BCUT2D eigenvalue weighted by Crippen LogP contribution is 2.38. The minimum atomic E-state index is -0.485. The van der Waals surface area contributed by atoms with Crippen LogP contribution in [0.2, 0.25) is 5.02 Å². The van der Waals surface area contributed by atoms with Crippen LogP contribution in [0.25, 0.3) is 22.0 Å². The van der Waals surface area contributed by atoms with Crippen LogP contribution in [0, 0.1) is 11.8 Å². The number of benzene rings is 3. The van der Waals surface area contributed by atoms with Gasteiger partial charge in [0.05, 0.1) is 22.5 Å². The van der Waals surface area contributed by atoms with Crippen LogP contribution in [0.4, 0.5) is 8.78 Å². The number of allylic oxidation sites excluding steroid dienone is 1. The maximum atomic E-state index is 14.2. The standard InChI is InChI=1S/C25H21ClF2N2O/c1-3-19(20-11-8-17(27)14-22(20)26)24(15-5-9-18(10-6-15)31-4-2)16-7-12-23-21(13-16)25(28)30-29-23/h5-14H,3-4H2,1-2H3,(H,29,30)/b24-19+. The first-order valence-corrected chi connectivity index (χ1v) is 10.5. The van der Waals surface area contributed by atoms with Gasteiger partial charge in [0.2, 0.25) is 5.95 Å². The van der Waals surface area contributed by atoms with Gasteiger partial charge in [-0.15, -0.1) is 0 Å². The van der Waals surface area contributed by atoms with Gasteiger partial charge in [-0.05, 0) is 77.6 Å². The minimum Gasteiger partial charge on any atom is -0.494 e. The molecular formula is C25H21ClF2N2O. The van der Waals surface area contributed by atoms with E-state index >= 15 is 0 Å². The molecule has 3 aromatic carbocycles. The summed E-state index contributed by atoms with van der Waals surface area (Å²) < 4.78 is 33.5. The number of nitrogens with zero attached hydrogens (tertiary/aromatic N) is 1. The summed E-state index contributed by atoms with van der Waals surface area (Å²) in [6.07, 6.45) is 0.639. The van der Waals surface area contributed by atoms with Gasteiger partial charge >= 0.3 is 0 Å². The first kappa shape index (κ1) is 21.1. The zero-order valence-electron chi connectivity index (χ0n) is 17.2. The second-order valence-electron chi connectivity index (χ2n) is 7.06. The minimum absolute atomic E-state index is 0.329. The summed E-state index contributed by atoms with van der Waals surface area (Å²) in [6, 6.07) is 17.6. The predicted octanol–water partition coefficient (Wildman–Crippen LogP) is 7.26. The molecule has 0 unspecified atom stereocenters. The fourth-order valence-electron chi connectivity index (χ4n) is 3.77. The van der Waals surface area contributed by atoms with E-state index < -0.39 is 11.8 Å². The highest BCUT2D eigenvalue weighted by molar-refractivity contribution is 6.32. The Hall–Kier alpha value is -3.18. The maximum absolute atomic E-state index is 14.2. The molecule has 1 N–H and O–H groups in total. The Bertz CT molecular complexity index is 1260. The number of fused-ring (bicyclic) bond motifs is 1. The van der Waals surface area contributed by atoms with E-state index in [0.29, 0.717) is 29.0 Å². The summed E-state index contributed by atoms with van der Waals surface area (Å²) in [5.41, 5.74) is 4.84. The lowest BCUT2D eigenvalue weighted by Gasteiger charge is -2.18. The van der Waals surface area contributed by atoms with Crippen LogP contribution in [0.3, 0.4) is 0 Å². The molecule has 0 radical (unpaired) electrons. The summed E-state index contributed by atoms with van der Waals surface area (Å²) in [5, 5.41) is 7.09. The number of ether oxygens (including phenoxy) is 1. The first-order valence-electron chi connectivity index (χ1n) is 10.1. The van der Waals surface area contributed by atoms with E-state index in [1.165, 1.54) is 12.1 Å². The van der Waals surface area contributed by atoms with Crippen LogP contribution in [0.15, 0.2) is 60.7 Å². The molecule has 4 rings (SSSR count). The summed E-state index contributed by atoms with van der Waals surface area (Å²) in [6.45, 7) is 4.52. The second kappa shape index (κ2) is 8.90. The van der Waals surface area contributed by atoms with Crippen molar-refractivity contribution in [1.82, 2.24) is 10.2 Å². The Morgan fingerprint density at radius 3 is 2.39 bits per heavy atom. The lowest BCUT2D eigenvalue weighted by Crippen LogP contribution is -1.97. The van der Waals surface area contributed by atoms with Crippen molar-refractivity contribution in [2.24, 2.45) is 0 Å². The zero-order valence-corrected chi connectivity index (χ0v) is 17.9. The molecule has 0 aliphatic heterocycles. The molecule has 0 aliphatic rings. The number of hydrogen-bond donors (Lipinski definition) is 1. The van der Waals surface area contributed by atoms with Gasteiger partial charge in [0.1, 0.15) is 11.6 Å². The maximum Gasteiger partial charge on any atom is 0.216 e. The lowest BCUT2D eigenvalue weighted by molar-refractivity contribution is 0.340. The van der Waals surface area contributed by atoms with Gasteiger partial charge in [-0.3, -0.25) is 5.10 Å². The van der Waals surface area contributed by atoms with Gasteiger partial charge in [0, 0.05) is 0 Å². The highest BCUT2D eigenvalue weighted by Gasteiger charge is 2.17. The van der Waals surface area contributed by atoms with E-state index in [0.717, 1.165) is 33.6 Å². The van der Waals surface area contributed by atoms with Gasteiger partial charge in [-0.1, -0.05) is 42.8 Å². The molecule has 0 atom stereocenters. The Kier molecular flexibility index (Phi) is 6.05. The molecule has 158 valence electrons. The average Bonchev–Trinajstić information content (AvgIpc) is 3.14. The van der Waals surface area contributed by atoms with Crippen molar-refractivity contribution >= 4 is 33.7 Å². The molecule has 0 fully saturated rings. The van der Waals surface area contributed by atoms with E-state index in [-0.39, 0.29) is 0 Å². The lowest BCUT2D eigenvalue weighted by atomic mass is 9.87. The Morgan fingerprint density at radius 2 is 1.71 bits per heavy atom. The topological polar surface area (TPSA) is 37.9 Å². The third-order valence-corrected chi connectivity index (χ3v) is 5.47. The van der Waals surface area contributed by atoms with Gasteiger partial charge in [0.25, 0.3) is 0 Å². The van der Waals surface area contributed by atoms with Crippen LogP contribution >= 0.6 is 11.6 Å². The third-order valence-electron chi connectivity index (χ3n) is 5.16. The molecule has 4 aromatic rings. The summed E-state index contributed by atoms with van der Waals surface area (Å²) in [7, 11) is 0. The molecule has 1 aromatic heterocycles. The molecular weight excluding hydrogens is 418 g/mol. The van der Waals surface area contributed by atoms with Gasteiger partial charge in [-0.25, -0.2) is 4.39 Å². The molecule has 1 heterocycles. The largest absolute Gasteiger partial charge is 0.494 e. The molecule has 0 bridgehead atoms. The molecule has 0 spiro atoms. The Balaban J connectivity index is 1.98. The monoisotopic (exact) mass is 438 g/mol. The van der Waals surface area contributed by atoms with E-state index in [1.807, 2.05) is 44.2 Å². The van der Waals surface area contributed by atoms with Crippen molar-refractivity contribution in [1.29, 1.82) is 0 Å². The predicted molar refractivity (Wildman–Crippen MR) is 121 cm³/mol. The normalized spacial score (nSPS) is 12.2. The number of aromatic amines is 1. The van der Waals surface area contributed by atoms with Crippen molar-refractivity contribution in [2.75, 3.05) is 6.61 Å². The Labute approximate surface area is 184 Å². The molecule has 0 amide bonds. The van der Waals surface area contributed by atoms with Gasteiger partial charge in [0.15, 0.2) is 0 Å². The number of aromatic nitrogens is 2. The number of H-pyrrole nitrogens is 1. The number of halogens is 3. The van der Waals surface area contributed by atoms with E-state index in [2.05, 4.69) is 10.2 Å². The zero-order chi connectivity index (χ0) is 22.0. The van der Waals surface area contributed by atoms with E-state index in [1.54, 1.807) is 18.2 Å². The quantitative estimate of drug-likeness (QED) is 0.321. The van der Waals surface area contributed by atoms with Crippen molar-refractivity contribution in [3.05, 3.63) is 94.1 Å². The average molecular weight is 439 g/mol. The Morgan fingerprint density at radius 1 is 0.968 bits per heavy atom. The van der Waals surface area contributed by atoms with Crippen LogP contribution in [0.1, 0.15) is 37.0 Å². The highest BCUT2D eigenvalue weighted by atomic mass is 35.5. The summed E-state index contributed by atoms with van der Waals surface area (Å²) >= 11 is 6.42. The number of nitrogens with one attached hydrogen (secondary N) is 1. The molecule has 31 heavy (non-hydrogen) atoms. The second-order valence-corrected chi connectivity index (χ2v) is 7.47. The van der Waals surface area contributed by atoms with Crippen molar-refractivity contribution in [3.8, 4) is 5.75 Å². The molecule has 0 aliphatic carbocycles. The van der Waals surface area contributed by atoms with Crippen molar-refractivity contribution < 1.29 is 13.5 Å². The van der Waals surface area contributed by atoms with Crippen LogP contribution in [-0.4, -0.2) is 16.8 Å². The summed E-state index contributed by atoms with van der Waals surface area (Å²) in [5.74, 6) is -0.116. The first-order chi connectivity index (χ1) is 15.0. The number of rotatable bonds is 6.